The van der Waals surface area contributed by atoms with Crippen molar-refractivity contribution in [2.24, 2.45) is 0 Å². The smallest absolute Gasteiger partial charge is 0.255 e. The molecule has 0 spiro atoms. The van der Waals surface area contributed by atoms with Crippen LogP contribution in [0.15, 0.2) is 23.1 Å². The Morgan fingerprint density at radius 2 is 2.06 bits per heavy atom. The summed E-state index contributed by atoms with van der Waals surface area (Å²) in [5, 5.41) is 2.60. The molecule has 6 heteroatoms. The van der Waals surface area contributed by atoms with Crippen molar-refractivity contribution in [2.45, 2.75) is 11.8 Å². The Labute approximate surface area is 101 Å². The average Bonchev–Trinajstić information content (AvgIpc) is 2.27. The highest BCUT2D eigenvalue weighted by Crippen LogP contribution is 2.22. The molecule has 0 aliphatic carbocycles. The first-order valence-corrected chi connectivity index (χ1v) is 6.95. The van der Waals surface area contributed by atoms with E-state index < -0.39 is 9.84 Å². The van der Waals surface area contributed by atoms with Crippen LogP contribution in [0.3, 0.4) is 0 Å². The molecule has 17 heavy (non-hydrogen) atoms. The van der Waals surface area contributed by atoms with E-state index in [4.69, 9.17) is 4.74 Å². The molecule has 0 aliphatic rings. The highest BCUT2D eigenvalue weighted by atomic mass is 32.2. The molecule has 94 valence electrons. The van der Waals surface area contributed by atoms with E-state index in [0.29, 0.717) is 12.3 Å². The number of amides is 1. The van der Waals surface area contributed by atoms with Gasteiger partial charge in [0.25, 0.3) is 5.91 Å². The van der Waals surface area contributed by atoms with Gasteiger partial charge in [-0.3, -0.25) is 4.79 Å². The number of carbonyl (C=O) groups is 1. The normalized spacial score (nSPS) is 11.0. The van der Waals surface area contributed by atoms with E-state index in [1.807, 2.05) is 0 Å². The van der Waals surface area contributed by atoms with Gasteiger partial charge in [-0.2, -0.15) is 0 Å². The van der Waals surface area contributed by atoms with Gasteiger partial charge in [0.05, 0.1) is 17.6 Å². The van der Waals surface area contributed by atoms with Crippen molar-refractivity contribution >= 4 is 15.7 Å². The van der Waals surface area contributed by atoms with Gasteiger partial charge in [0.1, 0.15) is 5.75 Å². The maximum atomic E-state index is 11.7. The van der Waals surface area contributed by atoms with Crippen LogP contribution >= 0.6 is 0 Å². The van der Waals surface area contributed by atoms with Gasteiger partial charge in [-0.05, 0) is 25.1 Å². The quantitative estimate of drug-likeness (QED) is 0.868. The maximum absolute atomic E-state index is 11.7. The fraction of sp³-hybridized carbons (Fsp3) is 0.364. The Kier molecular flexibility index (Phi) is 4.11. The van der Waals surface area contributed by atoms with Gasteiger partial charge in [0.15, 0.2) is 9.84 Å². The third-order valence-electron chi connectivity index (χ3n) is 2.18. The molecule has 0 aliphatic heterocycles. The molecule has 1 rings (SSSR count). The number of rotatable bonds is 4. The van der Waals surface area contributed by atoms with Crippen molar-refractivity contribution in [1.82, 2.24) is 5.32 Å². The monoisotopic (exact) mass is 257 g/mol. The van der Waals surface area contributed by atoms with Crippen LogP contribution in [0.5, 0.6) is 5.75 Å². The SMILES string of the molecule is CCNC(=O)c1cc(S(C)(=O)=O)ccc1OC. The number of hydrogen-bond donors (Lipinski definition) is 1. The first-order chi connectivity index (χ1) is 7.90. The molecule has 0 saturated carbocycles. The molecule has 1 N–H and O–H groups in total. The highest BCUT2D eigenvalue weighted by molar-refractivity contribution is 7.90. The fourth-order valence-corrected chi connectivity index (χ4v) is 2.00. The van der Waals surface area contributed by atoms with E-state index in [9.17, 15) is 13.2 Å². The van der Waals surface area contributed by atoms with Crippen LogP contribution in [0.1, 0.15) is 17.3 Å². The van der Waals surface area contributed by atoms with Gasteiger partial charge in [-0.15, -0.1) is 0 Å². The predicted molar refractivity (Wildman–Crippen MR) is 64.1 cm³/mol. The van der Waals surface area contributed by atoms with Crippen molar-refractivity contribution in [3.8, 4) is 5.75 Å². The standard InChI is InChI=1S/C11H15NO4S/c1-4-12-11(13)9-7-8(17(3,14)15)5-6-10(9)16-2/h5-7H,4H2,1-3H3,(H,12,13). The van der Waals surface area contributed by atoms with Crippen LogP contribution in [0.4, 0.5) is 0 Å². The zero-order valence-electron chi connectivity index (χ0n) is 9.98. The number of carbonyl (C=O) groups excluding carboxylic acids is 1. The van der Waals surface area contributed by atoms with Crippen LogP contribution in [0.2, 0.25) is 0 Å². The van der Waals surface area contributed by atoms with Gasteiger partial charge in [0, 0.05) is 12.8 Å². The maximum Gasteiger partial charge on any atom is 0.255 e. The molecular weight excluding hydrogens is 242 g/mol. The number of methoxy groups -OCH3 is 1. The lowest BCUT2D eigenvalue weighted by Crippen LogP contribution is -2.23. The Balaban J connectivity index is 3.30. The second-order valence-electron chi connectivity index (χ2n) is 3.49. The van der Waals surface area contributed by atoms with Gasteiger partial charge < -0.3 is 10.1 Å². The number of nitrogens with one attached hydrogen (secondary N) is 1. The lowest BCUT2D eigenvalue weighted by Gasteiger charge is -2.09. The lowest BCUT2D eigenvalue weighted by atomic mass is 10.2. The van der Waals surface area contributed by atoms with E-state index >= 15 is 0 Å². The summed E-state index contributed by atoms with van der Waals surface area (Å²) in [6, 6.07) is 4.21. The summed E-state index contributed by atoms with van der Waals surface area (Å²) in [5.41, 5.74) is 0.220. The number of benzene rings is 1. The van der Waals surface area contributed by atoms with Crippen LogP contribution in [-0.2, 0) is 9.84 Å². The molecule has 0 fully saturated rings. The molecule has 0 saturated heterocycles. The molecular formula is C11H15NO4S. The summed E-state index contributed by atoms with van der Waals surface area (Å²) in [6.45, 7) is 2.25. The molecule has 0 aromatic heterocycles. The third kappa shape index (κ3) is 3.20. The van der Waals surface area contributed by atoms with E-state index in [0.717, 1.165) is 6.26 Å². The van der Waals surface area contributed by atoms with E-state index in [1.165, 1.54) is 25.3 Å². The van der Waals surface area contributed by atoms with E-state index in [1.54, 1.807) is 6.92 Å². The summed E-state index contributed by atoms with van der Waals surface area (Å²) < 4.78 is 27.8. The van der Waals surface area contributed by atoms with Gasteiger partial charge in [0.2, 0.25) is 0 Å². The molecule has 1 aromatic rings. The Morgan fingerprint density at radius 3 is 2.53 bits per heavy atom. The first kappa shape index (κ1) is 13.5. The molecule has 0 atom stereocenters. The Morgan fingerprint density at radius 1 is 1.41 bits per heavy atom. The third-order valence-corrected chi connectivity index (χ3v) is 3.29. The summed E-state index contributed by atoms with van der Waals surface area (Å²) in [7, 11) is -1.91. The van der Waals surface area contributed by atoms with Crippen molar-refractivity contribution in [2.75, 3.05) is 19.9 Å². The minimum Gasteiger partial charge on any atom is -0.496 e. The summed E-state index contributed by atoms with van der Waals surface area (Å²) >= 11 is 0. The van der Waals surface area contributed by atoms with Crippen LogP contribution in [-0.4, -0.2) is 34.2 Å². The molecule has 0 radical (unpaired) electrons. The Bertz CT molecular complexity index is 522. The molecule has 0 bridgehead atoms. The number of ether oxygens (including phenoxy) is 1. The van der Waals surface area contributed by atoms with Crippen molar-refractivity contribution in [3.05, 3.63) is 23.8 Å². The van der Waals surface area contributed by atoms with Gasteiger partial charge >= 0.3 is 0 Å². The summed E-state index contributed by atoms with van der Waals surface area (Å²) in [5.74, 6) is -0.00167. The molecule has 1 aromatic carbocycles. The van der Waals surface area contributed by atoms with Gasteiger partial charge in [-0.25, -0.2) is 8.42 Å². The largest absolute Gasteiger partial charge is 0.496 e. The van der Waals surface area contributed by atoms with E-state index in [2.05, 4.69) is 5.32 Å². The second kappa shape index (κ2) is 5.18. The van der Waals surface area contributed by atoms with Crippen LogP contribution < -0.4 is 10.1 Å². The lowest BCUT2D eigenvalue weighted by molar-refractivity contribution is 0.0952. The minimum absolute atomic E-state index is 0.0968. The topological polar surface area (TPSA) is 72.5 Å². The second-order valence-corrected chi connectivity index (χ2v) is 5.51. The van der Waals surface area contributed by atoms with Crippen LogP contribution in [0.25, 0.3) is 0 Å². The predicted octanol–water partition coefficient (Wildman–Crippen LogP) is 0.848. The van der Waals surface area contributed by atoms with Crippen molar-refractivity contribution in [3.63, 3.8) is 0 Å². The molecule has 0 heterocycles. The first-order valence-electron chi connectivity index (χ1n) is 5.06. The molecule has 0 unspecified atom stereocenters. The van der Waals surface area contributed by atoms with Crippen molar-refractivity contribution < 1.29 is 17.9 Å². The average molecular weight is 257 g/mol. The van der Waals surface area contributed by atoms with Crippen molar-refractivity contribution in [1.29, 1.82) is 0 Å². The number of sulfone groups is 1. The molecule has 5 nitrogen and oxygen atoms in total. The minimum atomic E-state index is -3.33. The fourth-order valence-electron chi connectivity index (χ4n) is 1.35. The number of hydrogen-bond acceptors (Lipinski definition) is 4. The summed E-state index contributed by atoms with van der Waals surface area (Å²) in [6.07, 6.45) is 1.09. The zero-order valence-corrected chi connectivity index (χ0v) is 10.8. The van der Waals surface area contributed by atoms with Crippen LogP contribution in [0, 0.1) is 0 Å². The molecule has 1 amide bonds. The van der Waals surface area contributed by atoms with Gasteiger partial charge in [-0.1, -0.05) is 0 Å². The Hall–Kier alpha value is -1.56. The van der Waals surface area contributed by atoms with E-state index in [-0.39, 0.29) is 16.4 Å². The zero-order chi connectivity index (χ0) is 13.1. The highest BCUT2D eigenvalue weighted by Gasteiger charge is 2.16. The summed E-state index contributed by atoms with van der Waals surface area (Å²) in [4.78, 5) is 11.8.